The van der Waals surface area contributed by atoms with E-state index < -0.39 is 0 Å². The molecule has 0 amide bonds. The second kappa shape index (κ2) is 13.9. The minimum absolute atomic E-state index is 0. The summed E-state index contributed by atoms with van der Waals surface area (Å²) in [4.78, 5) is 9.39. The number of hydrogen-bond acceptors (Lipinski definition) is 4. The van der Waals surface area contributed by atoms with E-state index in [1.807, 2.05) is 18.3 Å². The number of benzene rings is 6. The average Bonchev–Trinajstić information content (AvgIpc) is 3.89. The second-order valence-corrected chi connectivity index (χ2v) is 15.2. The molecule has 0 spiro atoms. The summed E-state index contributed by atoms with van der Waals surface area (Å²) in [5.41, 5.74) is 10.6. The normalized spacial score (nSPS) is 12.7. The van der Waals surface area contributed by atoms with Gasteiger partial charge in [-0.3, -0.25) is 0 Å². The van der Waals surface area contributed by atoms with Crippen molar-refractivity contribution in [1.29, 1.82) is 0 Å². The first kappa shape index (κ1) is 35.6. The quantitative estimate of drug-likeness (QED) is 0.156. The molecule has 3 aromatic heterocycles. The van der Waals surface area contributed by atoms with Crippen molar-refractivity contribution in [1.82, 2.24) is 14.1 Å². The van der Waals surface area contributed by atoms with E-state index >= 15 is 0 Å². The first-order chi connectivity index (χ1) is 26.8. The zero-order chi connectivity index (χ0) is 37.3. The third kappa shape index (κ3) is 6.15. The van der Waals surface area contributed by atoms with Crippen molar-refractivity contribution in [3.63, 3.8) is 0 Å². The molecule has 6 nitrogen and oxygen atoms in total. The molecule has 7 heteroatoms. The van der Waals surface area contributed by atoms with Gasteiger partial charge in [-0.15, -0.1) is 53.6 Å². The van der Waals surface area contributed by atoms with Crippen LogP contribution in [0.4, 0.5) is 22.7 Å². The van der Waals surface area contributed by atoms with Gasteiger partial charge in [-0.2, -0.15) is 6.07 Å². The Labute approximate surface area is 341 Å². The van der Waals surface area contributed by atoms with Gasteiger partial charge in [0, 0.05) is 86.0 Å². The summed E-state index contributed by atoms with van der Waals surface area (Å²) < 4.78 is 11.1. The van der Waals surface area contributed by atoms with Crippen LogP contribution < -0.4 is 14.5 Å². The van der Waals surface area contributed by atoms with Crippen molar-refractivity contribution in [3.8, 4) is 28.4 Å². The Morgan fingerprint density at radius 2 is 1.38 bits per heavy atom. The Bertz CT molecular complexity index is 2890. The zero-order valence-electron chi connectivity index (χ0n) is 31.5. The maximum Gasteiger partial charge on any atom is 0.137 e. The summed E-state index contributed by atoms with van der Waals surface area (Å²) >= 11 is 0. The summed E-state index contributed by atoms with van der Waals surface area (Å²) in [7, 11) is 2.07. The predicted octanol–water partition coefficient (Wildman–Crippen LogP) is 12.4. The fraction of sp³-hybridized carbons (Fsp3) is 0.102. The van der Waals surface area contributed by atoms with Crippen LogP contribution in [0.1, 0.15) is 26.3 Å². The zero-order valence-corrected chi connectivity index (χ0v) is 33.7. The van der Waals surface area contributed by atoms with Gasteiger partial charge >= 0.3 is 0 Å². The van der Waals surface area contributed by atoms with Crippen LogP contribution in [-0.2, 0) is 33.5 Å². The van der Waals surface area contributed by atoms with Gasteiger partial charge in [0.05, 0.1) is 5.52 Å². The molecule has 4 heterocycles. The molecular weight excluding hydrogens is 870 g/mol. The van der Waals surface area contributed by atoms with E-state index in [1.54, 1.807) is 0 Å². The fourth-order valence-corrected chi connectivity index (χ4v) is 7.67. The molecule has 0 aliphatic carbocycles. The molecule has 0 unspecified atom stereocenters. The molecule has 0 fully saturated rings. The third-order valence-electron chi connectivity index (χ3n) is 10.6. The van der Waals surface area contributed by atoms with E-state index in [-0.39, 0.29) is 26.5 Å². The first-order valence-electron chi connectivity index (χ1n) is 18.6. The molecule has 10 rings (SSSR count). The summed E-state index contributed by atoms with van der Waals surface area (Å²) in [6, 6.07) is 56.1. The van der Waals surface area contributed by atoms with Crippen LogP contribution in [0.25, 0.3) is 49.7 Å². The van der Waals surface area contributed by atoms with Crippen LogP contribution in [0.15, 0.2) is 152 Å². The number of fused-ring (bicyclic) bond motifs is 5. The van der Waals surface area contributed by atoms with Gasteiger partial charge in [-0.1, -0.05) is 99.1 Å². The number of anilines is 4. The van der Waals surface area contributed by atoms with E-state index in [1.165, 1.54) is 5.56 Å². The molecule has 0 radical (unpaired) electrons. The van der Waals surface area contributed by atoms with Crippen molar-refractivity contribution >= 4 is 55.5 Å². The second-order valence-electron chi connectivity index (χ2n) is 15.2. The standard InChI is InChI=1S/C49H38N5O.Pt/c1-49(2,3)36-26-38(53-32-52(37-15-9-6-10-16-37)44-17-11-12-18-45(44)53)28-40(27-36)55-39-20-21-41-42-25-34(33-13-7-5-8-14-33)19-22-43(42)54(47(41)29-39)48-30-46-35(31-50-48)23-24-51(46)4;/h5-27,30-32H,1-4H3;/q-3;. The number of aryl methyl sites for hydroxylation is 1. The van der Waals surface area contributed by atoms with Crippen molar-refractivity contribution in [3.05, 3.63) is 176 Å². The van der Waals surface area contributed by atoms with Crippen LogP contribution in [0.2, 0.25) is 0 Å². The molecule has 278 valence electrons. The Kier molecular flexibility index (Phi) is 8.82. The smallest absolute Gasteiger partial charge is 0.137 e. The average molecular weight is 908 g/mol. The maximum absolute atomic E-state index is 6.78. The van der Waals surface area contributed by atoms with Gasteiger partial charge in [-0.05, 0) is 58.3 Å². The molecule has 0 atom stereocenters. The van der Waals surface area contributed by atoms with E-state index in [9.17, 15) is 0 Å². The van der Waals surface area contributed by atoms with Gasteiger partial charge in [0.25, 0.3) is 0 Å². The largest absolute Gasteiger partial charge is 0.509 e. The van der Waals surface area contributed by atoms with Crippen molar-refractivity contribution in [2.45, 2.75) is 26.2 Å². The Balaban J connectivity index is 0.00000410. The van der Waals surface area contributed by atoms with Crippen LogP contribution in [0.3, 0.4) is 0 Å². The number of hydrogen-bond donors (Lipinski definition) is 0. The minimum Gasteiger partial charge on any atom is -0.509 e. The van der Waals surface area contributed by atoms with Gasteiger partial charge in [0.1, 0.15) is 5.82 Å². The topological polar surface area (TPSA) is 38.5 Å². The molecule has 1 aliphatic rings. The first-order valence-corrected chi connectivity index (χ1v) is 18.6. The molecular formula is C49H38N5OPt-3. The summed E-state index contributed by atoms with van der Waals surface area (Å²) in [5, 5.41) is 3.30. The number of rotatable bonds is 6. The van der Waals surface area contributed by atoms with E-state index in [0.29, 0.717) is 11.5 Å². The Morgan fingerprint density at radius 3 is 2.14 bits per heavy atom. The van der Waals surface area contributed by atoms with E-state index in [0.717, 1.165) is 72.4 Å². The number of para-hydroxylation sites is 3. The molecule has 0 N–H and O–H groups in total. The number of pyridine rings is 1. The number of ether oxygens (including phenoxy) is 1. The van der Waals surface area contributed by atoms with Gasteiger partial charge < -0.3 is 23.7 Å². The monoisotopic (exact) mass is 907 g/mol. The van der Waals surface area contributed by atoms with Crippen molar-refractivity contribution in [2.75, 3.05) is 9.80 Å². The SMILES string of the molecule is Cn1ccc2cnc(-n3c4[c-]c(Oc5[c-]c(N6[CH-]N(c7ccccc7)c7ccccc76)cc(C(C)(C)C)c5)ccc4c4cc(-c5ccccc5)ccc43)cc21.[Pt]. The summed E-state index contributed by atoms with van der Waals surface area (Å²) in [6.07, 6.45) is 4.02. The molecule has 1 aliphatic heterocycles. The van der Waals surface area contributed by atoms with Gasteiger partial charge in [0.15, 0.2) is 0 Å². The molecule has 9 aromatic rings. The van der Waals surface area contributed by atoms with Crippen molar-refractivity contribution < 1.29 is 25.8 Å². The van der Waals surface area contributed by atoms with E-state index in [4.69, 9.17) is 9.72 Å². The fourth-order valence-electron chi connectivity index (χ4n) is 7.67. The van der Waals surface area contributed by atoms with Crippen LogP contribution in [0.5, 0.6) is 11.5 Å². The number of nitrogens with zero attached hydrogens (tertiary/aromatic N) is 5. The Hall–Kier alpha value is -6.10. The summed E-state index contributed by atoms with van der Waals surface area (Å²) in [5.74, 6) is 2.05. The van der Waals surface area contributed by atoms with E-state index in [2.05, 4.69) is 199 Å². The Morgan fingerprint density at radius 1 is 0.643 bits per heavy atom. The number of aromatic nitrogens is 3. The molecule has 56 heavy (non-hydrogen) atoms. The molecule has 0 saturated heterocycles. The summed E-state index contributed by atoms with van der Waals surface area (Å²) in [6.45, 7) is 8.82. The van der Waals surface area contributed by atoms with Gasteiger partial charge in [-0.25, -0.2) is 4.98 Å². The van der Waals surface area contributed by atoms with Crippen LogP contribution in [0, 0.1) is 18.8 Å². The maximum atomic E-state index is 6.78. The van der Waals surface area contributed by atoms with Gasteiger partial charge in [0.2, 0.25) is 0 Å². The van der Waals surface area contributed by atoms with Crippen molar-refractivity contribution in [2.24, 2.45) is 7.05 Å². The van der Waals surface area contributed by atoms with Crippen LogP contribution >= 0.6 is 0 Å². The minimum atomic E-state index is -0.141. The predicted molar refractivity (Wildman–Crippen MR) is 225 cm³/mol. The van der Waals surface area contributed by atoms with Crippen LogP contribution in [-0.4, -0.2) is 14.1 Å². The molecule has 0 saturated carbocycles. The molecule has 6 aromatic carbocycles. The molecule has 0 bridgehead atoms. The third-order valence-corrected chi connectivity index (χ3v) is 10.6.